The van der Waals surface area contributed by atoms with Crippen LogP contribution in [0.25, 0.3) is 11.1 Å². The standard InChI is InChI=1S/C24H28N4O/c1-17-6-3-7-19(12-17)20-8-4-10-22(14-20)25-24(29)21-9-5-11-28(15-21)16-23-13-18(2)26-27-23/h3-4,6-8,10,12-14,21H,5,9,11,15-16H2,1-2H3,(H,25,29)(H,26,27)/t21-/m1/s1. The number of H-pyrrole nitrogens is 1. The minimum absolute atomic E-state index is 0.00594. The Morgan fingerprint density at radius 3 is 2.69 bits per heavy atom. The molecule has 0 aliphatic carbocycles. The quantitative estimate of drug-likeness (QED) is 0.674. The predicted molar refractivity (Wildman–Crippen MR) is 117 cm³/mol. The van der Waals surface area contributed by atoms with Gasteiger partial charge < -0.3 is 5.32 Å². The van der Waals surface area contributed by atoms with E-state index >= 15 is 0 Å². The predicted octanol–water partition coefficient (Wildman–Crippen LogP) is 4.54. The van der Waals surface area contributed by atoms with E-state index in [1.807, 2.05) is 19.1 Å². The second-order valence-corrected chi connectivity index (χ2v) is 8.06. The van der Waals surface area contributed by atoms with E-state index in [4.69, 9.17) is 0 Å². The number of amides is 1. The van der Waals surface area contributed by atoms with E-state index in [9.17, 15) is 4.79 Å². The van der Waals surface area contributed by atoms with Gasteiger partial charge in [-0.2, -0.15) is 5.10 Å². The molecule has 1 amide bonds. The molecule has 3 aromatic rings. The summed E-state index contributed by atoms with van der Waals surface area (Å²) < 4.78 is 0. The average Bonchev–Trinajstić information content (AvgIpc) is 3.13. The molecule has 1 aromatic heterocycles. The first-order valence-corrected chi connectivity index (χ1v) is 10.3. The maximum Gasteiger partial charge on any atom is 0.228 e. The molecule has 5 heteroatoms. The zero-order valence-corrected chi connectivity index (χ0v) is 17.1. The van der Waals surface area contributed by atoms with Crippen LogP contribution in [0.15, 0.2) is 54.6 Å². The second-order valence-electron chi connectivity index (χ2n) is 8.06. The average molecular weight is 389 g/mol. The number of hydrogen-bond acceptors (Lipinski definition) is 3. The Bertz CT molecular complexity index is 994. The molecule has 2 heterocycles. The van der Waals surface area contributed by atoms with E-state index < -0.39 is 0 Å². The minimum atomic E-state index is 0.00594. The van der Waals surface area contributed by atoms with Crippen molar-refractivity contribution in [3.63, 3.8) is 0 Å². The topological polar surface area (TPSA) is 61.0 Å². The maximum absolute atomic E-state index is 12.9. The lowest BCUT2D eigenvalue weighted by Crippen LogP contribution is -2.40. The van der Waals surface area contributed by atoms with Crippen LogP contribution in [-0.2, 0) is 11.3 Å². The van der Waals surface area contributed by atoms with E-state index in [1.54, 1.807) is 0 Å². The molecule has 1 fully saturated rings. The van der Waals surface area contributed by atoms with Gasteiger partial charge >= 0.3 is 0 Å². The molecule has 0 unspecified atom stereocenters. The van der Waals surface area contributed by atoms with Gasteiger partial charge in [0.05, 0.1) is 11.6 Å². The van der Waals surface area contributed by atoms with Crippen molar-refractivity contribution in [3.8, 4) is 11.1 Å². The number of benzene rings is 2. The third kappa shape index (κ3) is 4.93. The van der Waals surface area contributed by atoms with Gasteiger partial charge in [0.1, 0.15) is 0 Å². The number of carbonyl (C=O) groups excluding carboxylic acids is 1. The van der Waals surface area contributed by atoms with Crippen molar-refractivity contribution in [1.29, 1.82) is 0 Å². The summed E-state index contributed by atoms with van der Waals surface area (Å²) in [6.45, 7) is 6.67. The van der Waals surface area contributed by atoms with E-state index in [-0.39, 0.29) is 11.8 Å². The molecule has 150 valence electrons. The van der Waals surface area contributed by atoms with Gasteiger partial charge in [0.15, 0.2) is 0 Å². The van der Waals surface area contributed by atoms with Gasteiger partial charge in [-0.3, -0.25) is 14.8 Å². The Balaban J connectivity index is 1.40. The molecule has 1 atom stereocenters. The number of aromatic amines is 1. The smallest absolute Gasteiger partial charge is 0.228 e. The van der Waals surface area contributed by atoms with Crippen molar-refractivity contribution in [2.45, 2.75) is 33.2 Å². The van der Waals surface area contributed by atoms with Gasteiger partial charge in [0.25, 0.3) is 0 Å². The normalized spacial score (nSPS) is 17.2. The van der Waals surface area contributed by atoms with E-state index in [2.05, 4.69) is 69.8 Å². The minimum Gasteiger partial charge on any atom is -0.326 e. The monoisotopic (exact) mass is 388 g/mol. The van der Waals surface area contributed by atoms with Crippen LogP contribution in [0.4, 0.5) is 5.69 Å². The van der Waals surface area contributed by atoms with Crippen LogP contribution < -0.4 is 5.32 Å². The van der Waals surface area contributed by atoms with Gasteiger partial charge in [0.2, 0.25) is 5.91 Å². The first-order chi connectivity index (χ1) is 14.1. The number of hydrogen-bond donors (Lipinski definition) is 2. The van der Waals surface area contributed by atoms with Gasteiger partial charge in [-0.25, -0.2) is 0 Å². The summed E-state index contributed by atoms with van der Waals surface area (Å²) in [4.78, 5) is 15.2. The fourth-order valence-electron chi connectivity index (χ4n) is 4.04. The summed E-state index contributed by atoms with van der Waals surface area (Å²) in [5.74, 6) is 0.112. The molecule has 1 aliphatic heterocycles. The largest absolute Gasteiger partial charge is 0.326 e. The van der Waals surface area contributed by atoms with Crippen LogP contribution in [0.2, 0.25) is 0 Å². The van der Waals surface area contributed by atoms with Crippen molar-refractivity contribution in [1.82, 2.24) is 15.1 Å². The number of nitrogens with zero attached hydrogens (tertiary/aromatic N) is 2. The summed E-state index contributed by atoms with van der Waals surface area (Å²) in [5, 5.41) is 10.5. The van der Waals surface area contributed by atoms with Crippen molar-refractivity contribution in [2.75, 3.05) is 18.4 Å². The molecule has 1 aliphatic rings. The summed E-state index contributed by atoms with van der Waals surface area (Å²) >= 11 is 0. The lowest BCUT2D eigenvalue weighted by Gasteiger charge is -2.31. The first kappa shape index (κ1) is 19.4. The fraction of sp³-hybridized carbons (Fsp3) is 0.333. The van der Waals surface area contributed by atoms with Crippen LogP contribution in [0.3, 0.4) is 0 Å². The Hall–Kier alpha value is -2.92. The van der Waals surface area contributed by atoms with Crippen LogP contribution in [-0.4, -0.2) is 34.1 Å². The molecule has 0 saturated carbocycles. The number of aryl methyl sites for hydroxylation is 2. The third-order valence-electron chi connectivity index (χ3n) is 5.50. The molecule has 5 nitrogen and oxygen atoms in total. The number of piperidine rings is 1. The highest BCUT2D eigenvalue weighted by molar-refractivity contribution is 5.93. The summed E-state index contributed by atoms with van der Waals surface area (Å²) in [6, 6.07) is 18.6. The SMILES string of the molecule is Cc1cccc(-c2cccc(NC(=O)[C@@H]3CCCN(Cc4cc(C)[nH]n4)C3)c2)c1. The molecule has 0 spiro atoms. The lowest BCUT2D eigenvalue weighted by atomic mass is 9.96. The highest BCUT2D eigenvalue weighted by Gasteiger charge is 2.26. The molecule has 1 saturated heterocycles. The number of rotatable bonds is 5. The Labute approximate surface area is 172 Å². The van der Waals surface area contributed by atoms with Crippen molar-refractivity contribution < 1.29 is 4.79 Å². The van der Waals surface area contributed by atoms with Gasteiger partial charge in [0, 0.05) is 24.5 Å². The first-order valence-electron chi connectivity index (χ1n) is 10.3. The summed E-state index contributed by atoms with van der Waals surface area (Å²) in [7, 11) is 0. The van der Waals surface area contributed by atoms with E-state index in [0.717, 1.165) is 55.1 Å². The Morgan fingerprint density at radius 1 is 1.14 bits per heavy atom. The maximum atomic E-state index is 12.9. The van der Waals surface area contributed by atoms with E-state index in [0.29, 0.717) is 0 Å². The fourth-order valence-corrected chi connectivity index (χ4v) is 4.04. The zero-order valence-electron chi connectivity index (χ0n) is 17.1. The molecule has 4 rings (SSSR count). The molecule has 0 radical (unpaired) electrons. The lowest BCUT2D eigenvalue weighted by molar-refractivity contribution is -0.121. The molecule has 0 bridgehead atoms. The molecule has 2 aromatic carbocycles. The number of likely N-dealkylation sites (tertiary alicyclic amines) is 1. The number of nitrogens with one attached hydrogen (secondary N) is 2. The summed E-state index contributed by atoms with van der Waals surface area (Å²) in [6.07, 6.45) is 1.96. The molecular weight excluding hydrogens is 360 g/mol. The van der Waals surface area contributed by atoms with Gasteiger partial charge in [-0.1, -0.05) is 42.0 Å². The molecular formula is C24H28N4O. The number of carbonyl (C=O) groups is 1. The van der Waals surface area contributed by atoms with Crippen LogP contribution in [0.1, 0.15) is 29.8 Å². The van der Waals surface area contributed by atoms with Crippen LogP contribution >= 0.6 is 0 Å². The van der Waals surface area contributed by atoms with Crippen molar-refractivity contribution >= 4 is 11.6 Å². The Kier molecular flexibility index (Phi) is 5.76. The van der Waals surface area contributed by atoms with E-state index in [1.165, 1.54) is 11.1 Å². The number of anilines is 1. The van der Waals surface area contributed by atoms with Crippen LogP contribution in [0.5, 0.6) is 0 Å². The molecule has 2 N–H and O–H groups in total. The summed E-state index contributed by atoms with van der Waals surface area (Å²) in [5.41, 5.74) is 6.47. The van der Waals surface area contributed by atoms with Crippen LogP contribution in [0, 0.1) is 19.8 Å². The molecule has 29 heavy (non-hydrogen) atoms. The number of aromatic nitrogens is 2. The van der Waals surface area contributed by atoms with Crippen molar-refractivity contribution in [3.05, 3.63) is 71.5 Å². The Morgan fingerprint density at radius 2 is 1.93 bits per heavy atom. The second kappa shape index (κ2) is 8.62. The zero-order chi connectivity index (χ0) is 20.2. The highest BCUT2D eigenvalue weighted by Crippen LogP contribution is 2.25. The van der Waals surface area contributed by atoms with Crippen molar-refractivity contribution in [2.24, 2.45) is 5.92 Å². The highest BCUT2D eigenvalue weighted by atomic mass is 16.1. The third-order valence-corrected chi connectivity index (χ3v) is 5.50. The van der Waals surface area contributed by atoms with Gasteiger partial charge in [-0.05, 0) is 62.6 Å². The van der Waals surface area contributed by atoms with Gasteiger partial charge in [-0.15, -0.1) is 0 Å².